The third-order valence-corrected chi connectivity index (χ3v) is 6.63. The van der Waals surface area contributed by atoms with E-state index >= 15 is 0 Å². The Bertz CT molecular complexity index is 648. The first kappa shape index (κ1) is 13.5. The molecule has 0 amide bonds. The molecule has 106 valence electrons. The Morgan fingerprint density at radius 3 is 2.45 bits per heavy atom. The van der Waals surface area contributed by atoms with E-state index in [-0.39, 0.29) is 0 Å². The fraction of sp³-hybridized carbons (Fsp3) is 0.308. The number of anilines is 1. The van der Waals surface area contributed by atoms with Crippen molar-refractivity contribution in [2.45, 2.75) is 4.21 Å². The van der Waals surface area contributed by atoms with Crippen molar-refractivity contribution in [2.24, 2.45) is 0 Å². The lowest BCUT2D eigenvalue weighted by molar-refractivity contribution is -0.364. The van der Waals surface area contributed by atoms with Gasteiger partial charge in [-0.2, -0.15) is 4.31 Å². The molecule has 2 aromatic rings. The van der Waals surface area contributed by atoms with Gasteiger partial charge in [-0.05, 0) is 17.5 Å². The Kier molecular flexibility index (Phi) is 3.73. The summed E-state index contributed by atoms with van der Waals surface area (Å²) in [6.07, 6.45) is 1.88. The molecule has 3 rings (SSSR count). The zero-order valence-electron chi connectivity index (χ0n) is 10.9. The summed E-state index contributed by atoms with van der Waals surface area (Å²) in [5, 5.41) is 1.79. The van der Waals surface area contributed by atoms with Gasteiger partial charge in [-0.1, -0.05) is 12.1 Å². The molecule has 0 unspecified atom stereocenters. The number of aromatic nitrogens is 1. The van der Waals surface area contributed by atoms with Gasteiger partial charge in [0.25, 0.3) is 15.8 Å². The van der Waals surface area contributed by atoms with Crippen LogP contribution in [0.1, 0.15) is 0 Å². The van der Waals surface area contributed by atoms with Gasteiger partial charge in [0, 0.05) is 6.07 Å². The molecule has 0 saturated carbocycles. The molecule has 0 radical (unpaired) electrons. The summed E-state index contributed by atoms with van der Waals surface area (Å²) in [6, 6.07) is 9.34. The molecule has 1 fully saturated rings. The van der Waals surface area contributed by atoms with E-state index in [2.05, 4.69) is 9.88 Å². The number of nitrogens with zero attached hydrogens (tertiary/aromatic N) is 2. The molecular formula is C13H16N3O2S2+. The second-order valence-corrected chi connectivity index (χ2v) is 7.68. The van der Waals surface area contributed by atoms with E-state index in [1.165, 1.54) is 11.3 Å². The van der Waals surface area contributed by atoms with E-state index in [0.717, 1.165) is 5.82 Å². The average molecular weight is 310 g/mol. The fourth-order valence-electron chi connectivity index (χ4n) is 2.29. The Morgan fingerprint density at radius 1 is 1.05 bits per heavy atom. The van der Waals surface area contributed by atoms with Crippen LogP contribution in [0, 0.1) is 0 Å². The van der Waals surface area contributed by atoms with Crippen LogP contribution in [0.3, 0.4) is 0 Å². The van der Waals surface area contributed by atoms with Crippen LogP contribution in [0.5, 0.6) is 0 Å². The third kappa shape index (κ3) is 2.56. The largest absolute Gasteiger partial charge is 0.274 e. The molecule has 1 N–H and O–H groups in total. The maximum absolute atomic E-state index is 12.4. The SMILES string of the molecule is O=S(=O)(c1cccs1)N1CCN(c2cccc[nH+]2)CC1. The van der Waals surface area contributed by atoms with Crippen molar-refractivity contribution in [3.05, 3.63) is 41.9 Å². The Balaban J connectivity index is 1.70. The Labute approximate surface area is 122 Å². The van der Waals surface area contributed by atoms with Crippen molar-refractivity contribution in [1.82, 2.24) is 4.31 Å². The minimum Gasteiger partial charge on any atom is -0.259 e. The van der Waals surface area contributed by atoms with Crippen molar-refractivity contribution in [1.29, 1.82) is 0 Å². The summed E-state index contributed by atoms with van der Waals surface area (Å²) in [7, 11) is -3.31. The summed E-state index contributed by atoms with van der Waals surface area (Å²) in [5.41, 5.74) is 0. The first-order chi connectivity index (χ1) is 9.68. The zero-order valence-corrected chi connectivity index (χ0v) is 12.5. The molecule has 3 heterocycles. The molecule has 2 aromatic heterocycles. The summed E-state index contributed by atoms with van der Waals surface area (Å²) in [6.45, 7) is 2.43. The maximum atomic E-state index is 12.4. The molecule has 5 nitrogen and oxygen atoms in total. The Morgan fingerprint density at radius 2 is 1.85 bits per heavy atom. The summed E-state index contributed by atoms with van der Waals surface area (Å²) < 4.78 is 26.8. The summed E-state index contributed by atoms with van der Waals surface area (Å²) in [5.74, 6) is 1.03. The van der Waals surface area contributed by atoms with Gasteiger partial charge >= 0.3 is 0 Å². The van der Waals surface area contributed by atoms with Crippen molar-refractivity contribution in [3.8, 4) is 0 Å². The normalized spacial score (nSPS) is 17.3. The van der Waals surface area contributed by atoms with Crippen LogP contribution in [0.15, 0.2) is 46.1 Å². The van der Waals surface area contributed by atoms with Gasteiger partial charge in [-0.25, -0.2) is 13.4 Å². The number of rotatable bonds is 3. The van der Waals surface area contributed by atoms with Gasteiger partial charge in [0.15, 0.2) is 0 Å². The van der Waals surface area contributed by atoms with Crippen LogP contribution in [0.2, 0.25) is 0 Å². The number of piperazine rings is 1. The summed E-state index contributed by atoms with van der Waals surface area (Å²) in [4.78, 5) is 5.35. The lowest BCUT2D eigenvalue weighted by atomic mass is 10.3. The molecule has 0 spiro atoms. The second-order valence-electron chi connectivity index (χ2n) is 4.57. The predicted molar refractivity (Wildman–Crippen MR) is 78.3 cm³/mol. The molecule has 0 aromatic carbocycles. The van der Waals surface area contributed by atoms with Crippen molar-refractivity contribution in [2.75, 3.05) is 31.1 Å². The zero-order chi connectivity index (χ0) is 14.0. The number of hydrogen-bond acceptors (Lipinski definition) is 4. The lowest BCUT2D eigenvalue weighted by Crippen LogP contribution is -2.49. The van der Waals surface area contributed by atoms with Crippen molar-refractivity contribution < 1.29 is 13.4 Å². The maximum Gasteiger partial charge on any atom is 0.274 e. The second kappa shape index (κ2) is 5.51. The van der Waals surface area contributed by atoms with Gasteiger partial charge < -0.3 is 0 Å². The quantitative estimate of drug-likeness (QED) is 0.852. The van der Waals surface area contributed by atoms with Gasteiger partial charge in [-0.3, -0.25) is 4.90 Å². The highest BCUT2D eigenvalue weighted by molar-refractivity contribution is 7.91. The lowest BCUT2D eigenvalue weighted by Gasteiger charge is -2.29. The average Bonchev–Trinajstić information content (AvgIpc) is 3.03. The number of H-pyrrole nitrogens is 1. The molecule has 0 atom stereocenters. The molecule has 7 heteroatoms. The fourth-order valence-corrected chi connectivity index (χ4v) is 4.85. The molecule has 1 aliphatic rings. The number of sulfonamides is 1. The van der Waals surface area contributed by atoms with Crippen molar-refractivity contribution in [3.63, 3.8) is 0 Å². The van der Waals surface area contributed by atoms with E-state index in [4.69, 9.17) is 0 Å². The number of aromatic amines is 1. The predicted octanol–water partition coefficient (Wildman–Crippen LogP) is 1.07. The van der Waals surface area contributed by atoms with Crippen molar-refractivity contribution >= 4 is 27.2 Å². The van der Waals surface area contributed by atoms with E-state index in [0.29, 0.717) is 30.4 Å². The van der Waals surface area contributed by atoms with Crippen LogP contribution in [-0.4, -0.2) is 38.9 Å². The van der Waals surface area contributed by atoms with Crippen LogP contribution < -0.4 is 9.88 Å². The smallest absolute Gasteiger partial charge is 0.259 e. The standard InChI is InChI=1S/C13H15N3O2S2/c17-20(18,13-5-3-11-19-13)16-9-7-15(8-10-16)12-4-1-2-6-14-12/h1-6,11H,7-10H2/p+1. The number of pyridine rings is 1. The molecule has 0 bridgehead atoms. The van der Waals surface area contributed by atoms with Crippen LogP contribution in [0.25, 0.3) is 0 Å². The van der Waals surface area contributed by atoms with Gasteiger partial charge in [0.05, 0.1) is 32.4 Å². The summed E-state index contributed by atoms with van der Waals surface area (Å²) >= 11 is 1.27. The highest BCUT2D eigenvalue weighted by atomic mass is 32.2. The number of hydrogen-bond donors (Lipinski definition) is 0. The molecule has 1 saturated heterocycles. The van der Waals surface area contributed by atoms with Crippen LogP contribution in [-0.2, 0) is 10.0 Å². The first-order valence-corrected chi connectivity index (χ1v) is 8.75. The topological polar surface area (TPSA) is 54.8 Å². The monoisotopic (exact) mass is 310 g/mol. The highest BCUT2D eigenvalue weighted by Gasteiger charge is 2.32. The first-order valence-electron chi connectivity index (χ1n) is 6.43. The van der Waals surface area contributed by atoms with Gasteiger partial charge in [0.1, 0.15) is 4.21 Å². The molecule has 0 aliphatic carbocycles. The van der Waals surface area contributed by atoms with Crippen LogP contribution >= 0.6 is 11.3 Å². The van der Waals surface area contributed by atoms with E-state index in [1.807, 2.05) is 24.4 Å². The van der Waals surface area contributed by atoms with Gasteiger partial charge in [-0.15, -0.1) is 11.3 Å². The molecular weight excluding hydrogens is 294 g/mol. The van der Waals surface area contributed by atoms with E-state index < -0.39 is 10.0 Å². The highest BCUT2D eigenvalue weighted by Crippen LogP contribution is 2.22. The third-order valence-electron chi connectivity index (χ3n) is 3.36. The number of thiophene rings is 1. The van der Waals surface area contributed by atoms with E-state index in [9.17, 15) is 8.42 Å². The minimum atomic E-state index is -3.31. The van der Waals surface area contributed by atoms with Gasteiger partial charge in [0.2, 0.25) is 0 Å². The van der Waals surface area contributed by atoms with Crippen LogP contribution in [0.4, 0.5) is 5.82 Å². The number of nitrogens with one attached hydrogen (secondary N) is 1. The Hall–Kier alpha value is -1.44. The molecule has 20 heavy (non-hydrogen) atoms. The molecule has 1 aliphatic heterocycles. The van der Waals surface area contributed by atoms with E-state index in [1.54, 1.807) is 21.8 Å². The minimum absolute atomic E-state index is 0.428.